The highest BCUT2D eigenvalue weighted by Crippen LogP contribution is 2.55. The summed E-state index contributed by atoms with van der Waals surface area (Å²) in [5, 5.41) is 31.1. The van der Waals surface area contributed by atoms with E-state index in [2.05, 4.69) is 24.5 Å². The Morgan fingerprint density at radius 1 is 0.610 bits per heavy atom. The number of phosphoric ester groups is 1. The summed E-state index contributed by atoms with van der Waals surface area (Å²) in [5.41, 5.74) is 12.2. The molecule has 12 rings (SSSR count). The van der Waals surface area contributed by atoms with Crippen LogP contribution in [0, 0.1) is 13.8 Å². The molecule has 4 aromatic rings. The zero-order valence-electron chi connectivity index (χ0n) is 46.3. The van der Waals surface area contributed by atoms with E-state index in [1.165, 1.54) is 49.0 Å². The van der Waals surface area contributed by atoms with Gasteiger partial charge >= 0.3 is 30.6 Å². The summed E-state index contributed by atoms with van der Waals surface area (Å²) < 4.78 is 72.9. The zero-order valence-corrected chi connectivity index (χ0v) is 47.2. The lowest BCUT2D eigenvalue weighted by molar-refractivity contribution is -0.175. The van der Waals surface area contributed by atoms with Gasteiger partial charge in [-0.1, -0.05) is 27.7 Å². The van der Waals surface area contributed by atoms with Crippen LogP contribution in [0.4, 0.5) is 17.5 Å². The highest BCUT2D eigenvalue weighted by atomic mass is 31.2. The molecule has 0 aromatic carbocycles. The van der Waals surface area contributed by atoms with Gasteiger partial charge in [-0.05, 0) is 51.7 Å². The van der Waals surface area contributed by atoms with Crippen molar-refractivity contribution in [3.63, 3.8) is 0 Å². The van der Waals surface area contributed by atoms with Crippen molar-refractivity contribution in [1.29, 1.82) is 0 Å². The summed E-state index contributed by atoms with van der Waals surface area (Å²) in [5.74, 6) is 0.459. The van der Waals surface area contributed by atoms with Crippen molar-refractivity contribution in [3.05, 3.63) is 100 Å². The minimum absolute atomic E-state index is 0.0903. The summed E-state index contributed by atoms with van der Waals surface area (Å²) in [4.78, 5) is 82.2. The van der Waals surface area contributed by atoms with Gasteiger partial charge in [0.1, 0.15) is 88.7 Å². The molecule has 8 aliphatic rings. The average Bonchev–Trinajstić information content (AvgIpc) is 3.38. The highest BCUT2D eigenvalue weighted by molar-refractivity contribution is 7.47. The van der Waals surface area contributed by atoms with E-state index >= 15 is 0 Å². The van der Waals surface area contributed by atoms with E-state index in [0.717, 1.165) is 7.11 Å². The molecular weight excluding hydrogens is 1110 g/mol. The van der Waals surface area contributed by atoms with Crippen molar-refractivity contribution in [2.75, 3.05) is 50.7 Å². The van der Waals surface area contributed by atoms with Crippen LogP contribution in [0.3, 0.4) is 0 Å². The third-order valence-corrected chi connectivity index (χ3v) is 17.9. The largest absolute Gasteiger partial charge is 0.472 e. The van der Waals surface area contributed by atoms with Crippen LogP contribution < -0.4 is 45.5 Å². The summed E-state index contributed by atoms with van der Waals surface area (Å²) in [6.07, 6.45) is 1.91. The lowest BCUT2D eigenvalue weighted by Crippen LogP contribution is -2.48. The quantitative estimate of drug-likeness (QED) is 0.0863. The number of phosphoric acid groups is 1. The number of anilines is 3. The van der Waals surface area contributed by atoms with Crippen molar-refractivity contribution in [3.8, 4) is 0 Å². The van der Waals surface area contributed by atoms with Gasteiger partial charge in [-0.3, -0.25) is 37.1 Å². The Hall–Kier alpha value is -5.61. The fourth-order valence-electron chi connectivity index (χ4n) is 11.9. The molecule has 11 N–H and O–H groups in total. The van der Waals surface area contributed by atoms with E-state index in [1.807, 2.05) is 27.7 Å². The number of aromatic nitrogens is 8. The molecule has 0 amide bonds. The maximum Gasteiger partial charge on any atom is 0.472 e. The molecule has 8 fully saturated rings. The number of nitrogens with one attached hydrogen (secondary N) is 1. The first-order valence-corrected chi connectivity index (χ1v) is 28.5. The normalized spacial score (nSPS) is 36.3. The Labute approximate surface area is 467 Å². The van der Waals surface area contributed by atoms with Crippen LogP contribution in [0.15, 0.2) is 60.9 Å². The van der Waals surface area contributed by atoms with Crippen LogP contribution in [0.2, 0.25) is 0 Å². The second-order valence-corrected chi connectivity index (χ2v) is 22.8. The molecular formula is C50H72N11O20P. The van der Waals surface area contributed by atoms with Crippen molar-refractivity contribution >= 4 is 25.3 Å². The van der Waals surface area contributed by atoms with Gasteiger partial charge in [0.05, 0.1) is 26.4 Å². The van der Waals surface area contributed by atoms with E-state index in [4.69, 9.17) is 59.6 Å². The topological polar surface area (TPSA) is 428 Å². The molecule has 17 atom stereocenters. The van der Waals surface area contributed by atoms with Gasteiger partial charge in [0, 0.05) is 62.3 Å². The second kappa shape index (κ2) is 23.4. The Kier molecular flexibility index (Phi) is 17.4. The van der Waals surface area contributed by atoms with E-state index in [9.17, 15) is 48.8 Å². The molecule has 8 aliphatic heterocycles. The standard InChI is InChI=1S/C13H19N3O4.C13H18N2O5.C12H18N3O7P.C12H17N3O4/c1-3-13-4-5-19-8(9(13)17)11(20-13)16-6-7(2)10(14)15-12(16)18;1-3-13-4-5-19-8(9(13)16)11(20-13)15-6-7(2)10(17)14-12(15)18;1-3-12-6-20-8(9(12)22-23(17,18)19-2)10(21-12)15-5-4-7(13)14-11(15)16;1-2-12-4-6-18-8(9(12)16)10(19-12)15-5-3-7(13)14-11(15)17/h6,8-9,11,17H,3-5H2,1-2H3,(H2,14,15,18);6,8-9,11,16H,3-5H2,1-2H3,(H,14,17,18);4-5,8-10H,3,6H2,1-2H3,(H,17,18)(H2,13,14,16);3,5,8-10,16H,2,4,6H2,1H3,(H2,13,14,17)/t2*8-,9+,11-,13+;2*8-,9+,10-,12+/m0000/s1. The molecule has 0 saturated carbocycles. The van der Waals surface area contributed by atoms with Crippen LogP contribution in [0.1, 0.15) is 109 Å². The molecule has 1 unspecified atom stereocenters. The van der Waals surface area contributed by atoms with Gasteiger partial charge in [-0.15, -0.1) is 0 Å². The third-order valence-electron chi connectivity index (χ3n) is 16.9. The van der Waals surface area contributed by atoms with E-state index in [0.29, 0.717) is 75.9 Å². The molecule has 12 heterocycles. The number of ether oxygens (including phenoxy) is 8. The van der Waals surface area contributed by atoms with Gasteiger partial charge in [-0.25, -0.2) is 23.7 Å². The summed E-state index contributed by atoms with van der Waals surface area (Å²) in [6, 6.07) is 2.98. The SMILES string of the molecule is CC[C@@]12CCO[C@@H]([C@H]1O)[C@@H](n1cc(C)c(=O)[nH]c1=O)O2.CC[C@@]12CCO[C@@H]([C@H]1O)[C@@H](n1cc(C)c(N)nc1=O)O2.CC[C@@]12CCO[C@@H]([C@H]1O)[C@@H](n1ccc(N)nc1=O)O2.CC[C@@]12CO[C@@H]([C@H]1OP(=O)(O)OC)[C@@H](n1ccc(N)nc1=O)O2. The van der Waals surface area contributed by atoms with Crippen molar-refractivity contribution in [2.24, 2.45) is 0 Å². The molecule has 31 nitrogen and oxygen atoms in total. The first-order chi connectivity index (χ1) is 38.9. The number of fused-ring (bicyclic) bond motifs is 8. The van der Waals surface area contributed by atoms with Gasteiger partial charge in [0.25, 0.3) is 5.56 Å². The third kappa shape index (κ3) is 10.9. The smallest absolute Gasteiger partial charge is 0.387 e. The Balaban J connectivity index is 0.000000132. The highest BCUT2D eigenvalue weighted by Gasteiger charge is 2.64. The van der Waals surface area contributed by atoms with Crippen LogP contribution in [-0.4, -0.2) is 163 Å². The Morgan fingerprint density at radius 2 is 1.01 bits per heavy atom. The lowest BCUT2D eigenvalue weighted by atomic mass is 9.87. The minimum atomic E-state index is -4.23. The molecule has 82 heavy (non-hydrogen) atoms. The Morgan fingerprint density at radius 3 is 1.44 bits per heavy atom. The average molecular weight is 1180 g/mol. The minimum Gasteiger partial charge on any atom is -0.387 e. The van der Waals surface area contributed by atoms with Crippen LogP contribution in [0.25, 0.3) is 0 Å². The molecule has 4 aromatic heterocycles. The number of aryl methyl sites for hydroxylation is 2. The first kappa shape index (κ1) is 61.0. The fraction of sp³-hybridized carbons (Fsp3) is 0.680. The number of aliphatic hydroxyl groups excluding tert-OH is 3. The van der Waals surface area contributed by atoms with Gasteiger partial charge < -0.3 is 75.3 Å². The molecule has 8 saturated heterocycles. The van der Waals surface area contributed by atoms with Gasteiger partial charge in [0.2, 0.25) is 0 Å². The fourth-order valence-corrected chi connectivity index (χ4v) is 12.5. The number of nitrogen functional groups attached to an aromatic ring is 3. The first-order valence-electron chi connectivity index (χ1n) is 27.0. The second-order valence-electron chi connectivity index (χ2n) is 21.3. The summed E-state index contributed by atoms with van der Waals surface area (Å²) >= 11 is 0. The van der Waals surface area contributed by atoms with Crippen LogP contribution in [0.5, 0.6) is 0 Å². The monoisotopic (exact) mass is 1180 g/mol. The lowest BCUT2D eigenvalue weighted by Gasteiger charge is -2.34. The van der Waals surface area contributed by atoms with E-state index in [1.54, 1.807) is 20.0 Å². The zero-order chi connectivity index (χ0) is 59.4. The molecule has 0 aliphatic carbocycles. The predicted molar refractivity (Wildman–Crippen MR) is 285 cm³/mol. The molecule has 8 bridgehead atoms. The number of H-pyrrole nitrogens is 1. The summed E-state index contributed by atoms with van der Waals surface area (Å²) in [6.45, 7) is 12.8. The summed E-state index contributed by atoms with van der Waals surface area (Å²) in [7, 11) is -3.16. The predicted octanol–water partition coefficient (Wildman–Crippen LogP) is -0.679. The number of rotatable bonds is 11. The van der Waals surface area contributed by atoms with E-state index in [-0.39, 0.29) is 24.1 Å². The Bertz CT molecular complexity index is 3340. The van der Waals surface area contributed by atoms with Crippen molar-refractivity contribution in [1.82, 2.24) is 38.2 Å². The molecule has 32 heteroatoms. The number of nitrogens with two attached hydrogens (primary N) is 3. The maximum atomic E-state index is 12.0. The molecule has 0 radical (unpaired) electrons. The number of nitrogens with zero attached hydrogens (tertiary/aromatic N) is 7. The number of aliphatic hydroxyl groups is 3. The van der Waals surface area contributed by atoms with Crippen molar-refractivity contribution in [2.45, 2.75) is 183 Å². The van der Waals surface area contributed by atoms with Crippen LogP contribution >= 0.6 is 7.82 Å². The maximum absolute atomic E-state index is 12.0. The van der Waals surface area contributed by atoms with Crippen LogP contribution in [-0.2, 0) is 51.5 Å². The van der Waals surface area contributed by atoms with Gasteiger partial charge in [-0.2, -0.15) is 15.0 Å². The number of hydrogen-bond acceptors (Lipinski definition) is 25. The number of hydrogen-bond donors (Lipinski definition) is 8. The van der Waals surface area contributed by atoms with E-state index < -0.39 is 132 Å². The molecule has 0 spiro atoms. The van der Waals surface area contributed by atoms with Crippen molar-refractivity contribution < 1.29 is 71.7 Å². The number of aromatic amines is 1. The van der Waals surface area contributed by atoms with Gasteiger partial charge in [0.15, 0.2) is 24.9 Å². The molecule has 452 valence electrons.